The van der Waals surface area contributed by atoms with Crippen molar-refractivity contribution in [2.45, 2.75) is 31.9 Å². The highest BCUT2D eigenvalue weighted by molar-refractivity contribution is 4.94. The van der Waals surface area contributed by atoms with Crippen molar-refractivity contribution in [2.75, 3.05) is 13.1 Å². The second-order valence-corrected chi connectivity index (χ2v) is 4.69. The van der Waals surface area contributed by atoms with Crippen molar-refractivity contribution in [1.29, 1.82) is 0 Å². The Morgan fingerprint density at radius 3 is 3.00 bits per heavy atom. The second-order valence-electron chi connectivity index (χ2n) is 4.69. The number of aromatic nitrogens is 3. The van der Waals surface area contributed by atoms with Gasteiger partial charge in [-0.15, -0.1) is 5.10 Å². The van der Waals surface area contributed by atoms with Crippen LogP contribution >= 0.6 is 0 Å². The van der Waals surface area contributed by atoms with Crippen LogP contribution in [0.2, 0.25) is 0 Å². The molecule has 0 aromatic carbocycles. The zero-order valence-electron chi connectivity index (χ0n) is 9.35. The lowest BCUT2D eigenvalue weighted by Crippen LogP contribution is -2.45. The number of hydrogen-bond donors (Lipinski definition) is 1. The Hall–Kier alpha value is -0.940. The van der Waals surface area contributed by atoms with Crippen LogP contribution < -0.4 is 0 Å². The highest BCUT2D eigenvalue weighted by atomic mass is 16.3. The number of likely N-dealkylation sites (tertiary alicyclic amines) is 1. The fourth-order valence-corrected chi connectivity index (χ4v) is 2.16. The smallest absolute Gasteiger partial charge is 0.0967 e. The summed E-state index contributed by atoms with van der Waals surface area (Å²) in [6.45, 7) is 4.44. The molecule has 1 aliphatic heterocycles. The molecule has 1 atom stereocenters. The molecule has 1 N–H and O–H groups in total. The van der Waals surface area contributed by atoms with Crippen molar-refractivity contribution in [3.8, 4) is 0 Å². The average Bonchev–Trinajstić information content (AvgIpc) is 2.49. The Kier molecular flexibility index (Phi) is 2.75. The molecule has 0 aliphatic carbocycles. The molecule has 15 heavy (non-hydrogen) atoms. The monoisotopic (exact) mass is 210 g/mol. The van der Waals surface area contributed by atoms with Crippen LogP contribution in [0.1, 0.15) is 25.5 Å². The molecule has 2 heterocycles. The summed E-state index contributed by atoms with van der Waals surface area (Å²) in [6.07, 6.45) is 3.86. The number of β-amino-alcohol motifs (C(OH)–C–C–N with tert-alkyl or cyclic N) is 1. The topological polar surface area (TPSA) is 54.2 Å². The van der Waals surface area contributed by atoms with Gasteiger partial charge in [0.25, 0.3) is 0 Å². The van der Waals surface area contributed by atoms with Crippen molar-refractivity contribution in [1.82, 2.24) is 19.9 Å². The quantitative estimate of drug-likeness (QED) is 0.755. The summed E-state index contributed by atoms with van der Waals surface area (Å²) in [7, 11) is 1.86. The molecule has 1 aromatic heterocycles. The Bertz CT molecular complexity index is 334. The van der Waals surface area contributed by atoms with Gasteiger partial charge in [0, 0.05) is 26.3 Å². The molecule has 1 fully saturated rings. The summed E-state index contributed by atoms with van der Waals surface area (Å²) in [4.78, 5) is 2.23. The fraction of sp³-hybridized carbons (Fsp3) is 0.800. The van der Waals surface area contributed by atoms with Crippen molar-refractivity contribution in [3.63, 3.8) is 0 Å². The first kappa shape index (κ1) is 10.6. The van der Waals surface area contributed by atoms with E-state index in [0.29, 0.717) is 0 Å². The predicted molar refractivity (Wildman–Crippen MR) is 56.1 cm³/mol. The van der Waals surface area contributed by atoms with Gasteiger partial charge in [-0.25, -0.2) is 0 Å². The summed E-state index contributed by atoms with van der Waals surface area (Å²) >= 11 is 0. The summed E-state index contributed by atoms with van der Waals surface area (Å²) in [5, 5.41) is 17.9. The van der Waals surface area contributed by atoms with E-state index in [1.54, 1.807) is 4.68 Å². The van der Waals surface area contributed by atoms with E-state index >= 15 is 0 Å². The molecule has 5 nitrogen and oxygen atoms in total. The number of hydrogen-bond acceptors (Lipinski definition) is 4. The highest BCUT2D eigenvalue weighted by Crippen LogP contribution is 2.21. The van der Waals surface area contributed by atoms with E-state index in [9.17, 15) is 5.11 Å². The number of rotatable bonds is 2. The summed E-state index contributed by atoms with van der Waals surface area (Å²) in [6, 6.07) is 0. The fourth-order valence-electron chi connectivity index (χ4n) is 2.16. The lowest BCUT2D eigenvalue weighted by Gasteiger charge is -2.36. The minimum Gasteiger partial charge on any atom is -0.389 e. The van der Waals surface area contributed by atoms with Gasteiger partial charge >= 0.3 is 0 Å². The Morgan fingerprint density at radius 1 is 1.60 bits per heavy atom. The predicted octanol–water partition coefficient (Wildman–Crippen LogP) is 0.162. The van der Waals surface area contributed by atoms with Gasteiger partial charge in [-0.1, -0.05) is 5.21 Å². The van der Waals surface area contributed by atoms with Crippen LogP contribution in [-0.4, -0.2) is 43.7 Å². The van der Waals surface area contributed by atoms with Crippen LogP contribution in [0.5, 0.6) is 0 Å². The van der Waals surface area contributed by atoms with Gasteiger partial charge in [0.05, 0.1) is 11.3 Å². The number of aliphatic hydroxyl groups is 1. The van der Waals surface area contributed by atoms with Crippen LogP contribution in [0.3, 0.4) is 0 Å². The van der Waals surface area contributed by atoms with E-state index in [0.717, 1.165) is 38.2 Å². The summed E-state index contributed by atoms with van der Waals surface area (Å²) in [5.41, 5.74) is 0.427. The van der Waals surface area contributed by atoms with Crippen LogP contribution in [0.4, 0.5) is 0 Å². The van der Waals surface area contributed by atoms with E-state index in [1.165, 1.54) is 0 Å². The zero-order valence-corrected chi connectivity index (χ0v) is 9.35. The summed E-state index contributed by atoms with van der Waals surface area (Å²) < 4.78 is 1.71. The largest absolute Gasteiger partial charge is 0.389 e. The van der Waals surface area contributed by atoms with Gasteiger partial charge in [-0.05, 0) is 26.3 Å². The molecule has 0 saturated carbocycles. The average molecular weight is 210 g/mol. The molecular weight excluding hydrogens is 192 g/mol. The molecule has 0 spiro atoms. The summed E-state index contributed by atoms with van der Waals surface area (Å²) in [5.74, 6) is 0. The second kappa shape index (κ2) is 3.90. The molecule has 84 valence electrons. The molecular formula is C10H18N4O. The van der Waals surface area contributed by atoms with Crippen LogP contribution in [0, 0.1) is 0 Å². The third-order valence-corrected chi connectivity index (χ3v) is 2.79. The van der Waals surface area contributed by atoms with Gasteiger partial charge in [0.15, 0.2) is 0 Å². The van der Waals surface area contributed by atoms with Crippen molar-refractivity contribution < 1.29 is 5.11 Å². The number of nitrogens with zero attached hydrogens (tertiary/aromatic N) is 4. The standard InChI is InChI=1S/C10H18N4O/c1-10(15)4-3-5-14(8-10)7-9-6-13(2)12-11-9/h6,15H,3-5,7-8H2,1-2H3. The molecule has 2 rings (SSSR count). The third kappa shape index (κ3) is 2.76. The van der Waals surface area contributed by atoms with Gasteiger partial charge in [0.2, 0.25) is 0 Å². The Morgan fingerprint density at radius 2 is 2.40 bits per heavy atom. The molecule has 1 unspecified atom stereocenters. The molecule has 1 aromatic rings. The maximum atomic E-state index is 9.95. The first-order valence-corrected chi connectivity index (χ1v) is 5.35. The van der Waals surface area contributed by atoms with Gasteiger partial charge in [-0.2, -0.15) is 0 Å². The lowest BCUT2D eigenvalue weighted by molar-refractivity contribution is -0.0184. The number of piperidine rings is 1. The maximum absolute atomic E-state index is 9.95. The van der Waals surface area contributed by atoms with E-state index in [4.69, 9.17) is 0 Å². The van der Waals surface area contributed by atoms with Crippen LogP contribution in [-0.2, 0) is 13.6 Å². The molecule has 5 heteroatoms. The van der Waals surface area contributed by atoms with Gasteiger partial charge < -0.3 is 5.11 Å². The molecule has 0 amide bonds. The minimum atomic E-state index is -0.541. The van der Waals surface area contributed by atoms with Crippen LogP contribution in [0.15, 0.2) is 6.20 Å². The molecule has 0 radical (unpaired) electrons. The van der Waals surface area contributed by atoms with Crippen molar-refractivity contribution in [2.24, 2.45) is 7.05 Å². The Balaban J connectivity index is 1.95. The first-order valence-electron chi connectivity index (χ1n) is 5.35. The third-order valence-electron chi connectivity index (χ3n) is 2.79. The lowest BCUT2D eigenvalue weighted by atomic mass is 9.95. The van der Waals surface area contributed by atoms with E-state index in [1.807, 2.05) is 20.2 Å². The number of aryl methyl sites for hydroxylation is 1. The Labute approximate surface area is 89.7 Å². The molecule has 1 aliphatic rings. The normalized spacial score (nSPS) is 28.2. The van der Waals surface area contributed by atoms with Crippen molar-refractivity contribution >= 4 is 0 Å². The molecule has 1 saturated heterocycles. The highest BCUT2D eigenvalue weighted by Gasteiger charge is 2.28. The van der Waals surface area contributed by atoms with Crippen LogP contribution in [0.25, 0.3) is 0 Å². The van der Waals surface area contributed by atoms with E-state index in [2.05, 4.69) is 15.2 Å². The van der Waals surface area contributed by atoms with Crippen molar-refractivity contribution in [3.05, 3.63) is 11.9 Å². The minimum absolute atomic E-state index is 0.541. The van der Waals surface area contributed by atoms with E-state index in [-0.39, 0.29) is 0 Å². The molecule has 0 bridgehead atoms. The first-order chi connectivity index (χ1) is 7.05. The van der Waals surface area contributed by atoms with Gasteiger partial charge in [-0.3, -0.25) is 9.58 Å². The maximum Gasteiger partial charge on any atom is 0.0967 e. The van der Waals surface area contributed by atoms with E-state index < -0.39 is 5.60 Å². The SMILES string of the molecule is Cn1cc(CN2CCCC(C)(O)C2)nn1. The zero-order chi connectivity index (χ0) is 10.9. The van der Waals surface area contributed by atoms with Gasteiger partial charge in [0.1, 0.15) is 0 Å².